The Balaban J connectivity index is 2.63. The monoisotopic (exact) mass is 526 g/mol. The van der Waals surface area contributed by atoms with E-state index in [9.17, 15) is 19.8 Å². The first-order chi connectivity index (χ1) is 18.2. The standard InChI is InChI=1S/C29H34O9/c1-8-15(9-2)12-18(30)24-25(29(33)38-7)22(16-10-11-19(34-3)20(13-16)35-4)23-17(26(24)31)14-21(36-5)27(32)28(23)37-6/h10-11,13-15,31-32H,8-9,12H2,1-7H3. The van der Waals surface area contributed by atoms with Crippen LogP contribution >= 0.6 is 0 Å². The number of aromatic hydroxyl groups is 2. The summed E-state index contributed by atoms with van der Waals surface area (Å²) < 4.78 is 26.8. The molecule has 0 spiro atoms. The molecule has 3 aromatic rings. The quantitative estimate of drug-likeness (QED) is 0.238. The largest absolute Gasteiger partial charge is 0.507 e. The van der Waals surface area contributed by atoms with E-state index in [4.69, 9.17) is 23.7 Å². The van der Waals surface area contributed by atoms with Gasteiger partial charge in [-0.05, 0) is 29.7 Å². The number of hydrogen-bond acceptors (Lipinski definition) is 9. The van der Waals surface area contributed by atoms with Gasteiger partial charge in [0, 0.05) is 22.8 Å². The third kappa shape index (κ3) is 4.88. The van der Waals surface area contributed by atoms with Crippen LogP contribution in [0.4, 0.5) is 0 Å². The number of ketones is 1. The first kappa shape index (κ1) is 28.4. The van der Waals surface area contributed by atoms with Crippen LogP contribution in [-0.2, 0) is 4.74 Å². The van der Waals surface area contributed by atoms with E-state index >= 15 is 0 Å². The van der Waals surface area contributed by atoms with Crippen LogP contribution in [0, 0.1) is 5.92 Å². The second-order valence-electron chi connectivity index (χ2n) is 8.73. The molecule has 0 aromatic heterocycles. The number of fused-ring (bicyclic) bond motifs is 1. The average Bonchev–Trinajstić information content (AvgIpc) is 2.94. The van der Waals surface area contributed by atoms with E-state index in [0.29, 0.717) is 17.1 Å². The molecule has 0 aliphatic rings. The number of benzene rings is 3. The van der Waals surface area contributed by atoms with Crippen LogP contribution in [0.1, 0.15) is 53.8 Å². The van der Waals surface area contributed by atoms with E-state index in [2.05, 4.69) is 0 Å². The number of carbonyl (C=O) groups is 2. The molecule has 0 fully saturated rings. The predicted molar refractivity (Wildman–Crippen MR) is 143 cm³/mol. The summed E-state index contributed by atoms with van der Waals surface area (Å²) in [5.41, 5.74) is 0.333. The van der Waals surface area contributed by atoms with Crippen molar-refractivity contribution in [2.75, 3.05) is 35.5 Å². The van der Waals surface area contributed by atoms with Crippen molar-refractivity contribution in [1.82, 2.24) is 0 Å². The molecule has 2 N–H and O–H groups in total. The fourth-order valence-corrected chi connectivity index (χ4v) is 4.72. The summed E-state index contributed by atoms with van der Waals surface area (Å²) in [5, 5.41) is 22.8. The van der Waals surface area contributed by atoms with Gasteiger partial charge in [-0.1, -0.05) is 32.8 Å². The number of phenols is 2. The Hall–Kier alpha value is -4.14. The van der Waals surface area contributed by atoms with Crippen molar-refractivity contribution in [3.63, 3.8) is 0 Å². The van der Waals surface area contributed by atoms with Gasteiger partial charge >= 0.3 is 5.97 Å². The Morgan fingerprint density at radius 3 is 1.95 bits per heavy atom. The molecule has 0 saturated heterocycles. The maximum atomic E-state index is 13.7. The maximum Gasteiger partial charge on any atom is 0.339 e. The van der Waals surface area contributed by atoms with E-state index in [0.717, 1.165) is 12.8 Å². The molecule has 9 heteroatoms. The van der Waals surface area contributed by atoms with E-state index in [1.165, 1.54) is 41.6 Å². The number of phenolic OH excluding ortho intramolecular Hbond substituents is 2. The molecule has 3 rings (SSSR count). The van der Waals surface area contributed by atoms with Gasteiger partial charge in [-0.15, -0.1) is 0 Å². The molecule has 3 aromatic carbocycles. The fourth-order valence-electron chi connectivity index (χ4n) is 4.72. The molecule has 0 saturated carbocycles. The third-order valence-corrected chi connectivity index (χ3v) is 6.86. The normalized spacial score (nSPS) is 10.9. The Kier molecular flexibility index (Phi) is 8.93. The number of esters is 1. The Labute approximate surface area is 221 Å². The second-order valence-corrected chi connectivity index (χ2v) is 8.73. The molecule has 0 heterocycles. The molecule has 38 heavy (non-hydrogen) atoms. The van der Waals surface area contributed by atoms with Gasteiger partial charge in [-0.3, -0.25) is 4.79 Å². The van der Waals surface area contributed by atoms with Gasteiger partial charge in [0.05, 0.1) is 46.7 Å². The molecule has 0 aliphatic carbocycles. The number of hydrogen-bond donors (Lipinski definition) is 2. The van der Waals surface area contributed by atoms with Crippen molar-refractivity contribution < 1.29 is 43.5 Å². The van der Waals surface area contributed by atoms with E-state index in [-0.39, 0.29) is 57.1 Å². The van der Waals surface area contributed by atoms with Crippen molar-refractivity contribution in [1.29, 1.82) is 0 Å². The lowest BCUT2D eigenvalue weighted by Gasteiger charge is -2.22. The summed E-state index contributed by atoms with van der Waals surface area (Å²) in [5.74, 6) is -1.19. The van der Waals surface area contributed by atoms with Gasteiger partial charge in [0.1, 0.15) is 5.75 Å². The van der Waals surface area contributed by atoms with Crippen LogP contribution in [0.5, 0.6) is 34.5 Å². The molecule has 0 aliphatic heterocycles. The highest BCUT2D eigenvalue weighted by molar-refractivity contribution is 6.21. The van der Waals surface area contributed by atoms with Gasteiger partial charge in [0.2, 0.25) is 5.75 Å². The Morgan fingerprint density at radius 1 is 0.789 bits per heavy atom. The summed E-state index contributed by atoms with van der Waals surface area (Å²) in [6, 6.07) is 6.36. The van der Waals surface area contributed by atoms with Crippen LogP contribution in [0.3, 0.4) is 0 Å². The number of rotatable bonds is 11. The molecule has 0 bridgehead atoms. The Morgan fingerprint density at radius 2 is 1.42 bits per heavy atom. The minimum absolute atomic E-state index is 0.0205. The number of ether oxygens (including phenoxy) is 5. The smallest absolute Gasteiger partial charge is 0.339 e. The minimum Gasteiger partial charge on any atom is -0.507 e. The van der Waals surface area contributed by atoms with Gasteiger partial charge in [0.25, 0.3) is 0 Å². The first-order valence-corrected chi connectivity index (χ1v) is 12.2. The highest BCUT2D eigenvalue weighted by Gasteiger charge is 2.33. The lowest BCUT2D eigenvalue weighted by Crippen LogP contribution is -2.16. The Bertz CT molecular complexity index is 1360. The van der Waals surface area contributed by atoms with Crippen LogP contribution in [-0.4, -0.2) is 57.5 Å². The van der Waals surface area contributed by atoms with Crippen molar-refractivity contribution in [2.45, 2.75) is 33.1 Å². The molecule has 0 unspecified atom stereocenters. The second kappa shape index (κ2) is 11.9. The molecule has 204 valence electrons. The first-order valence-electron chi connectivity index (χ1n) is 12.2. The predicted octanol–water partition coefficient (Wildman–Crippen LogP) is 5.75. The molecule has 0 amide bonds. The zero-order valence-electron chi connectivity index (χ0n) is 22.8. The van der Waals surface area contributed by atoms with Crippen LogP contribution < -0.4 is 18.9 Å². The molecular formula is C29H34O9. The van der Waals surface area contributed by atoms with Gasteiger partial charge < -0.3 is 33.9 Å². The summed E-state index contributed by atoms with van der Waals surface area (Å²) in [6.45, 7) is 3.97. The van der Waals surface area contributed by atoms with Gasteiger partial charge in [0.15, 0.2) is 28.8 Å². The summed E-state index contributed by atoms with van der Waals surface area (Å²) in [4.78, 5) is 27.1. The third-order valence-electron chi connectivity index (χ3n) is 6.86. The van der Waals surface area contributed by atoms with Crippen LogP contribution in [0.25, 0.3) is 21.9 Å². The number of Topliss-reactive ketones (excluding diaryl/α,β-unsaturated/α-hetero) is 1. The zero-order chi connectivity index (χ0) is 28.1. The van der Waals surface area contributed by atoms with Crippen molar-refractivity contribution in [3.05, 3.63) is 35.4 Å². The summed E-state index contributed by atoms with van der Waals surface area (Å²) in [6.07, 6.45) is 1.62. The minimum atomic E-state index is -0.836. The molecule has 0 radical (unpaired) electrons. The fraction of sp³-hybridized carbons (Fsp3) is 0.379. The molecular weight excluding hydrogens is 492 g/mol. The van der Waals surface area contributed by atoms with Crippen LogP contribution in [0.15, 0.2) is 24.3 Å². The maximum absolute atomic E-state index is 13.7. The zero-order valence-corrected chi connectivity index (χ0v) is 22.8. The molecule has 9 nitrogen and oxygen atoms in total. The number of carbonyl (C=O) groups excluding carboxylic acids is 2. The van der Waals surface area contributed by atoms with Gasteiger partial charge in [-0.25, -0.2) is 4.79 Å². The lowest BCUT2D eigenvalue weighted by atomic mass is 9.84. The highest BCUT2D eigenvalue weighted by atomic mass is 16.5. The summed E-state index contributed by atoms with van der Waals surface area (Å²) in [7, 11) is 6.86. The van der Waals surface area contributed by atoms with Gasteiger partial charge in [-0.2, -0.15) is 0 Å². The van der Waals surface area contributed by atoms with E-state index < -0.39 is 17.5 Å². The van der Waals surface area contributed by atoms with Crippen molar-refractivity contribution in [3.8, 4) is 45.6 Å². The number of methoxy groups -OCH3 is 5. The van der Waals surface area contributed by atoms with Crippen LogP contribution in [0.2, 0.25) is 0 Å². The van der Waals surface area contributed by atoms with E-state index in [1.54, 1.807) is 18.2 Å². The highest BCUT2D eigenvalue weighted by Crippen LogP contribution is 2.52. The van der Waals surface area contributed by atoms with Crippen molar-refractivity contribution in [2.24, 2.45) is 5.92 Å². The lowest BCUT2D eigenvalue weighted by molar-refractivity contribution is 0.0597. The average molecular weight is 527 g/mol. The van der Waals surface area contributed by atoms with E-state index in [1.807, 2.05) is 13.8 Å². The SMILES string of the molecule is CCC(CC)CC(=O)c1c(C(=O)OC)c(-c2ccc(OC)c(OC)c2)c2c(OC)c(O)c(OC)cc2c1O. The topological polar surface area (TPSA) is 121 Å². The summed E-state index contributed by atoms with van der Waals surface area (Å²) >= 11 is 0. The molecule has 0 atom stereocenters. The van der Waals surface area contributed by atoms with Crippen molar-refractivity contribution >= 4 is 22.5 Å².